The monoisotopic (exact) mass is 274 g/mol. The van der Waals surface area contributed by atoms with Crippen molar-refractivity contribution < 1.29 is 14.7 Å². The Morgan fingerprint density at radius 3 is 2.65 bits per heavy atom. The van der Waals surface area contributed by atoms with E-state index in [4.69, 9.17) is 5.11 Å². The van der Waals surface area contributed by atoms with E-state index in [1.807, 2.05) is 30.3 Å². The maximum atomic E-state index is 12.6. The summed E-state index contributed by atoms with van der Waals surface area (Å²) in [4.78, 5) is 26.9. The van der Waals surface area contributed by atoms with Crippen LogP contribution in [0.5, 0.6) is 0 Å². The molecule has 1 N–H and O–H groups in total. The van der Waals surface area contributed by atoms with Gasteiger partial charge in [0.2, 0.25) is 5.91 Å². The molecule has 1 aromatic carbocycles. The van der Waals surface area contributed by atoms with E-state index < -0.39 is 11.5 Å². The van der Waals surface area contributed by atoms with Gasteiger partial charge in [-0.05, 0) is 12.0 Å². The van der Waals surface area contributed by atoms with Gasteiger partial charge in [0.15, 0.2) is 0 Å². The number of carbonyl (C=O) groups is 2. The number of hydrogen-bond donors (Lipinski definition) is 1. The van der Waals surface area contributed by atoms with Crippen LogP contribution in [-0.2, 0) is 4.79 Å². The SMILES string of the molecule is CN1CC(c2ccccc2)C2(CCN(C(=O)O)C2)C1=O. The number of likely N-dealkylation sites (tertiary alicyclic amines) is 2. The third-order valence-electron chi connectivity index (χ3n) is 4.67. The molecule has 0 radical (unpaired) electrons. The van der Waals surface area contributed by atoms with Crippen LogP contribution in [0, 0.1) is 5.41 Å². The molecule has 0 aliphatic carbocycles. The van der Waals surface area contributed by atoms with E-state index in [2.05, 4.69) is 0 Å². The van der Waals surface area contributed by atoms with Crippen LogP contribution in [0.15, 0.2) is 30.3 Å². The molecule has 0 aromatic heterocycles. The quantitative estimate of drug-likeness (QED) is 0.846. The Kier molecular flexibility index (Phi) is 2.92. The fourth-order valence-electron chi connectivity index (χ4n) is 3.63. The Balaban J connectivity index is 1.98. The number of nitrogens with zero attached hydrogens (tertiary/aromatic N) is 2. The molecular formula is C15H18N2O3. The van der Waals surface area contributed by atoms with E-state index in [0.29, 0.717) is 26.1 Å². The Labute approximate surface area is 117 Å². The van der Waals surface area contributed by atoms with Crippen LogP contribution in [0.3, 0.4) is 0 Å². The molecule has 2 atom stereocenters. The van der Waals surface area contributed by atoms with E-state index >= 15 is 0 Å². The van der Waals surface area contributed by atoms with Crippen LogP contribution in [0.2, 0.25) is 0 Å². The van der Waals surface area contributed by atoms with Crippen molar-refractivity contribution in [3.63, 3.8) is 0 Å². The van der Waals surface area contributed by atoms with Crippen LogP contribution in [0.25, 0.3) is 0 Å². The topological polar surface area (TPSA) is 60.9 Å². The third kappa shape index (κ3) is 1.77. The van der Waals surface area contributed by atoms with Gasteiger partial charge >= 0.3 is 6.09 Å². The van der Waals surface area contributed by atoms with Crippen molar-refractivity contribution in [2.75, 3.05) is 26.7 Å². The zero-order chi connectivity index (χ0) is 14.3. The summed E-state index contributed by atoms with van der Waals surface area (Å²) in [6.07, 6.45) is -0.321. The average molecular weight is 274 g/mol. The predicted molar refractivity (Wildman–Crippen MR) is 73.5 cm³/mol. The van der Waals surface area contributed by atoms with Gasteiger partial charge in [0.1, 0.15) is 0 Å². The lowest BCUT2D eigenvalue weighted by molar-refractivity contribution is -0.134. The summed E-state index contributed by atoms with van der Waals surface area (Å²) < 4.78 is 0. The van der Waals surface area contributed by atoms with Crippen LogP contribution in [-0.4, -0.2) is 53.6 Å². The number of hydrogen-bond acceptors (Lipinski definition) is 2. The third-order valence-corrected chi connectivity index (χ3v) is 4.67. The summed E-state index contributed by atoms with van der Waals surface area (Å²) >= 11 is 0. The summed E-state index contributed by atoms with van der Waals surface area (Å²) in [6.45, 7) is 1.42. The Morgan fingerprint density at radius 1 is 1.35 bits per heavy atom. The highest BCUT2D eigenvalue weighted by Crippen LogP contribution is 2.49. The van der Waals surface area contributed by atoms with E-state index in [9.17, 15) is 9.59 Å². The summed E-state index contributed by atoms with van der Waals surface area (Å²) in [5, 5.41) is 9.17. The molecule has 5 heteroatoms. The van der Waals surface area contributed by atoms with E-state index in [0.717, 1.165) is 5.56 Å². The standard InChI is InChI=1S/C15H18N2O3/c1-16-9-12(11-5-3-2-4-6-11)15(13(16)18)7-8-17(10-15)14(19)20/h2-6,12H,7-10H2,1H3,(H,19,20). The minimum atomic E-state index is -0.934. The second-order valence-electron chi connectivity index (χ2n) is 5.76. The first-order chi connectivity index (χ1) is 9.54. The van der Waals surface area contributed by atoms with Gasteiger partial charge in [0.25, 0.3) is 0 Å². The highest BCUT2D eigenvalue weighted by Gasteiger charge is 2.57. The molecule has 2 heterocycles. The summed E-state index contributed by atoms with van der Waals surface area (Å²) in [5.74, 6) is 0.153. The van der Waals surface area contributed by atoms with Crippen LogP contribution in [0.4, 0.5) is 4.79 Å². The second-order valence-corrected chi connectivity index (χ2v) is 5.76. The van der Waals surface area contributed by atoms with Crippen molar-refractivity contribution >= 4 is 12.0 Å². The Bertz CT molecular complexity index is 545. The zero-order valence-electron chi connectivity index (χ0n) is 11.5. The van der Waals surface area contributed by atoms with Crippen molar-refractivity contribution in [1.29, 1.82) is 0 Å². The molecule has 2 aliphatic rings. The van der Waals surface area contributed by atoms with E-state index in [1.54, 1.807) is 11.9 Å². The second kappa shape index (κ2) is 4.51. The summed E-state index contributed by atoms with van der Waals surface area (Å²) in [7, 11) is 1.80. The molecule has 5 nitrogen and oxygen atoms in total. The smallest absolute Gasteiger partial charge is 0.407 e. The first kappa shape index (κ1) is 13.0. The normalized spacial score (nSPS) is 29.4. The largest absolute Gasteiger partial charge is 0.465 e. The number of carbonyl (C=O) groups excluding carboxylic acids is 1. The maximum Gasteiger partial charge on any atom is 0.407 e. The van der Waals surface area contributed by atoms with E-state index in [-0.39, 0.29) is 11.8 Å². The number of likely N-dealkylation sites (N-methyl/N-ethyl adjacent to an activating group) is 1. The van der Waals surface area contributed by atoms with Gasteiger partial charge in [0.05, 0.1) is 5.41 Å². The average Bonchev–Trinajstić information content (AvgIpc) is 2.99. The van der Waals surface area contributed by atoms with Gasteiger partial charge in [-0.15, -0.1) is 0 Å². The minimum absolute atomic E-state index is 0.0746. The molecule has 20 heavy (non-hydrogen) atoms. The molecule has 2 saturated heterocycles. The van der Waals surface area contributed by atoms with Gasteiger partial charge in [-0.1, -0.05) is 30.3 Å². The number of carboxylic acid groups (broad SMARTS) is 1. The predicted octanol–water partition coefficient (Wildman–Crippen LogP) is 1.61. The van der Waals surface area contributed by atoms with Gasteiger partial charge in [-0.2, -0.15) is 0 Å². The Hall–Kier alpha value is -2.04. The highest BCUT2D eigenvalue weighted by atomic mass is 16.4. The lowest BCUT2D eigenvalue weighted by Gasteiger charge is -2.28. The number of amides is 2. The van der Waals surface area contributed by atoms with Crippen molar-refractivity contribution in [3.8, 4) is 0 Å². The first-order valence-electron chi connectivity index (χ1n) is 6.83. The minimum Gasteiger partial charge on any atom is -0.465 e. The van der Waals surface area contributed by atoms with Gasteiger partial charge in [-0.3, -0.25) is 4.79 Å². The van der Waals surface area contributed by atoms with Crippen LogP contribution >= 0.6 is 0 Å². The van der Waals surface area contributed by atoms with E-state index in [1.165, 1.54) is 4.90 Å². The molecule has 1 spiro atoms. The van der Waals surface area contributed by atoms with Gasteiger partial charge < -0.3 is 14.9 Å². The van der Waals surface area contributed by atoms with Crippen LogP contribution in [0.1, 0.15) is 17.9 Å². The fourth-order valence-corrected chi connectivity index (χ4v) is 3.63. The molecular weight excluding hydrogens is 256 g/mol. The molecule has 2 aliphatic heterocycles. The zero-order valence-corrected chi connectivity index (χ0v) is 11.5. The molecule has 2 unspecified atom stereocenters. The molecule has 0 saturated carbocycles. The molecule has 106 valence electrons. The lowest BCUT2D eigenvalue weighted by atomic mass is 9.73. The molecule has 2 amide bonds. The summed E-state index contributed by atoms with van der Waals surface area (Å²) in [6, 6.07) is 9.95. The maximum absolute atomic E-state index is 12.6. The highest BCUT2D eigenvalue weighted by molar-refractivity contribution is 5.88. The van der Waals surface area contributed by atoms with Gasteiger partial charge in [-0.25, -0.2) is 4.79 Å². The molecule has 0 bridgehead atoms. The molecule has 2 fully saturated rings. The molecule has 3 rings (SSSR count). The lowest BCUT2D eigenvalue weighted by Crippen LogP contribution is -2.39. The van der Waals surface area contributed by atoms with Gasteiger partial charge in [0, 0.05) is 32.6 Å². The van der Waals surface area contributed by atoms with Crippen molar-refractivity contribution in [1.82, 2.24) is 9.80 Å². The van der Waals surface area contributed by atoms with Crippen LogP contribution < -0.4 is 0 Å². The number of rotatable bonds is 1. The first-order valence-corrected chi connectivity index (χ1v) is 6.83. The number of benzene rings is 1. The van der Waals surface area contributed by atoms with Crippen molar-refractivity contribution in [2.24, 2.45) is 5.41 Å². The summed E-state index contributed by atoms with van der Waals surface area (Å²) in [5.41, 5.74) is 0.548. The molecule has 1 aromatic rings. The Morgan fingerprint density at radius 2 is 2.05 bits per heavy atom. The van der Waals surface area contributed by atoms with Crippen molar-refractivity contribution in [2.45, 2.75) is 12.3 Å². The van der Waals surface area contributed by atoms with Crippen molar-refractivity contribution in [3.05, 3.63) is 35.9 Å². The fraction of sp³-hybridized carbons (Fsp3) is 0.467.